The molecule has 2 aliphatic rings. The average Bonchev–Trinajstić information content (AvgIpc) is 2.66. The summed E-state index contributed by atoms with van der Waals surface area (Å²) in [5.74, 6) is 0.181. The molecule has 7 heteroatoms. The SMILES string of the molecule is C[C@@H]1[C@@H](N)c2cc(NC3CCN(C(=O)OC(C)(C)C)CC3)ccc2N(C=O)[C@H]1C. The number of hydrogen-bond donors (Lipinski definition) is 2. The van der Waals surface area contributed by atoms with Crippen LogP contribution in [0.1, 0.15) is 59.1 Å². The van der Waals surface area contributed by atoms with Crippen LogP contribution in [0.5, 0.6) is 0 Å². The first-order valence-corrected chi connectivity index (χ1v) is 10.5. The third-order valence-electron chi connectivity index (χ3n) is 6.06. The first kappa shape index (κ1) is 21.4. The fourth-order valence-corrected chi connectivity index (χ4v) is 4.12. The lowest BCUT2D eigenvalue weighted by atomic mass is 9.83. The minimum Gasteiger partial charge on any atom is -0.444 e. The Hall–Kier alpha value is -2.28. The van der Waals surface area contributed by atoms with E-state index in [0.717, 1.165) is 36.2 Å². The highest BCUT2D eigenvalue weighted by Crippen LogP contribution is 2.40. The number of fused-ring (bicyclic) bond motifs is 1. The second kappa shape index (κ2) is 8.22. The summed E-state index contributed by atoms with van der Waals surface area (Å²) in [6.07, 6.45) is 2.37. The van der Waals surface area contributed by atoms with E-state index in [1.807, 2.05) is 39.8 Å². The van der Waals surface area contributed by atoms with E-state index in [0.29, 0.717) is 13.1 Å². The van der Waals surface area contributed by atoms with Gasteiger partial charge in [-0.05, 0) is 70.2 Å². The Kier molecular flexibility index (Phi) is 6.08. The number of rotatable bonds is 3. The van der Waals surface area contributed by atoms with E-state index < -0.39 is 5.60 Å². The van der Waals surface area contributed by atoms with E-state index in [9.17, 15) is 9.59 Å². The van der Waals surface area contributed by atoms with Crippen molar-refractivity contribution in [1.29, 1.82) is 0 Å². The van der Waals surface area contributed by atoms with Crippen molar-refractivity contribution in [2.24, 2.45) is 11.7 Å². The van der Waals surface area contributed by atoms with E-state index in [2.05, 4.69) is 18.3 Å². The van der Waals surface area contributed by atoms with Crippen molar-refractivity contribution < 1.29 is 14.3 Å². The van der Waals surface area contributed by atoms with Crippen molar-refractivity contribution in [3.63, 3.8) is 0 Å². The number of anilines is 2. The fraction of sp³-hybridized carbons (Fsp3) is 0.636. The third-order valence-corrected chi connectivity index (χ3v) is 6.06. The molecule has 1 fully saturated rings. The monoisotopic (exact) mass is 402 g/mol. The molecule has 2 aliphatic heterocycles. The maximum absolute atomic E-state index is 12.2. The molecule has 3 N–H and O–H groups in total. The van der Waals surface area contributed by atoms with Crippen molar-refractivity contribution in [3.05, 3.63) is 23.8 Å². The summed E-state index contributed by atoms with van der Waals surface area (Å²) in [5.41, 5.74) is 8.89. The van der Waals surface area contributed by atoms with Gasteiger partial charge in [0.2, 0.25) is 6.41 Å². The normalized spacial score (nSPS) is 25.4. The number of amides is 2. The van der Waals surface area contributed by atoms with Gasteiger partial charge in [-0.25, -0.2) is 4.79 Å². The van der Waals surface area contributed by atoms with Crippen LogP contribution in [-0.4, -0.2) is 48.2 Å². The largest absolute Gasteiger partial charge is 0.444 e. The molecule has 0 unspecified atom stereocenters. The zero-order chi connectivity index (χ0) is 21.3. The fourth-order valence-electron chi connectivity index (χ4n) is 4.12. The summed E-state index contributed by atoms with van der Waals surface area (Å²) in [6, 6.07) is 6.30. The molecule has 3 atom stereocenters. The second-order valence-electron chi connectivity index (χ2n) is 9.30. The van der Waals surface area contributed by atoms with Crippen LogP contribution in [0.4, 0.5) is 16.2 Å². The van der Waals surface area contributed by atoms with Gasteiger partial charge >= 0.3 is 6.09 Å². The molecule has 3 rings (SSSR count). The summed E-state index contributed by atoms with van der Waals surface area (Å²) >= 11 is 0. The molecular formula is C22H34N4O3. The molecule has 0 aliphatic carbocycles. The van der Waals surface area contributed by atoms with Gasteiger partial charge in [-0.1, -0.05) is 6.92 Å². The van der Waals surface area contributed by atoms with Gasteiger partial charge in [0.1, 0.15) is 5.60 Å². The van der Waals surface area contributed by atoms with Crippen molar-refractivity contribution >= 4 is 23.9 Å². The number of carbonyl (C=O) groups is 2. The van der Waals surface area contributed by atoms with Gasteiger partial charge in [0.25, 0.3) is 0 Å². The van der Waals surface area contributed by atoms with Gasteiger partial charge in [0.05, 0.1) is 0 Å². The standard InChI is InChI=1S/C22H34N4O3/c1-14-15(2)26(13-27)19-7-6-17(12-18(19)20(14)23)24-16-8-10-25(11-9-16)21(28)29-22(3,4)5/h6-7,12-16,20,24H,8-11,23H2,1-5H3/t14-,15-,20+/m0/s1. The quantitative estimate of drug-likeness (QED) is 0.756. The first-order valence-electron chi connectivity index (χ1n) is 10.5. The summed E-state index contributed by atoms with van der Waals surface area (Å²) < 4.78 is 5.46. The van der Waals surface area contributed by atoms with E-state index in [-0.39, 0.29) is 30.1 Å². The number of hydrogen-bond acceptors (Lipinski definition) is 5. The van der Waals surface area contributed by atoms with Crippen molar-refractivity contribution in [1.82, 2.24) is 4.90 Å². The van der Waals surface area contributed by atoms with Gasteiger partial charge in [-0.15, -0.1) is 0 Å². The number of nitrogens with one attached hydrogen (secondary N) is 1. The topological polar surface area (TPSA) is 87.9 Å². The minimum absolute atomic E-state index is 0.0750. The predicted octanol–water partition coefficient (Wildman–Crippen LogP) is 3.50. The van der Waals surface area contributed by atoms with E-state index in [1.165, 1.54) is 0 Å². The molecule has 1 aromatic carbocycles. The molecule has 2 amide bonds. The average molecular weight is 403 g/mol. The van der Waals surface area contributed by atoms with Crippen LogP contribution in [0.15, 0.2) is 18.2 Å². The Labute approximate surface area is 173 Å². The Morgan fingerprint density at radius 2 is 1.90 bits per heavy atom. The van der Waals surface area contributed by atoms with Gasteiger partial charge in [-0.3, -0.25) is 4.79 Å². The second-order valence-corrected chi connectivity index (χ2v) is 9.30. The summed E-state index contributed by atoms with van der Waals surface area (Å²) in [7, 11) is 0. The number of likely N-dealkylation sites (tertiary alicyclic amines) is 1. The van der Waals surface area contributed by atoms with Gasteiger partial charge in [-0.2, -0.15) is 0 Å². The van der Waals surface area contributed by atoms with Crippen LogP contribution in [-0.2, 0) is 9.53 Å². The van der Waals surface area contributed by atoms with Crippen molar-refractivity contribution in [3.8, 4) is 0 Å². The summed E-state index contributed by atoms with van der Waals surface area (Å²) in [6.45, 7) is 11.1. The molecule has 160 valence electrons. The number of piperidine rings is 1. The van der Waals surface area contributed by atoms with Crippen LogP contribution in [0.25, 0.3) is 0 Å². The van der Waals surface area contributed by atoms with Gasteiger partial charge < -0.3 is 25.6 Å². The molecule has 29 heavy (non-hydrogen) atoms. The molecule has 7 nitrogen and oxygen atoms in total. The van der Waals surface area contributed by atoms with E-state index in [4.69, 9.17) is 10.5 Å². The van der Waals surface area contributed by atoms with Crippen LogP contribution in [0, 0.1) is 5.92 Å². The molecule has 1 aromatic rings. The molecule has 2 heterocycles. The molecule has 1 saturated heterocycles. The summed E-state index contributed by atoms with van der Waals surface area (Å²) in [4.78, 5) is 27.4. The number of benzene rings is 1. The molecule has 0 spiro atoms. The van der Waals surface area contributed by atoms with Crippen molar-refractivity contribution in [2.45, 2.75) is 71.2 Å². The van der Waals surface area contributed by atoms with Crippen LogP contribution in [0.2, 0.25) is 0 Å². The zero-order valence-electron chi connectivity index (χ0n) is 18.1. The highest BCUT2D eigenvalue weighted by molar-refractivity contribution is 5.80. The maximum Gasteiger partial charge on any atom is 0.410 e. The lowest BCUT2D eigenvalue weighted by Crippen LogP contribution is -2.46. The summed E-state index contributed by atoms with van der Waals surface area (Å²) in [5, 5.41) is 3.58. The number of ether oxygens (including phenoxy) is 1. The van der Waals surface area contributed by atoms with Crippen LogP contribution >= 0.6 is 0 Å². The number of nitrogens with zero attached hydrogens (tertiary/aromatic N) is 2. The first-order chi connectivity index (χ1) is 13.6. The third kappa shape index (κ3) is 4.66. The molecule has 0 bridgehead atoms. The smallest absolute Gasteiger partial charge is 0.410 e. The molecule has 0 saturated carbocycles. The van der Waals surface area contributed by atoms with E-state index >= 15 is 0 Å². The highest BCUT2D eigenvalue weighted by Gasteiger charge is 2.34. The van der Waals surface area contributed by atoms with Crippen LogP contribution < -0.4 is 16.0 Å². The lowest BCUT2D eigenvalue weighted by Gasteiger charge is -2.41. The molecule has 0 radical (unpaired) electrons. The van der Waals surface area contributed by atoms with Gasteiger partial charge in [0, 0.05) is 42.6 Å². The maximum atomic E-state index is 12.2. The van der Waals surface area contributed by atoms with Gasteiger partial charge in [0.15, 0.2) is 0 Å². The Morgan fingerprint density at radius 3 is 2.48 bits per heavy atom. The Bertz CT molecular complexity index is 753. The highest BCUT2D eigenvalue weighted by atomic mass is 16.6. The molecule has 0 aromatic heterocycles. The minimum atomic E-state index is -0.474. The molecular weight excluding hydrogens is 368 g/mol. The predicted molar refractivity (Wildman–Crippen MR) is 115 cm³/mol. The zero-order valence-corrected chi connectivity index (χ0v) is 18.1. The van der Waals surface area contributed by atoms with E-state index in [1.54, 1.807) is 9.80 Å². The number of nitrogens with two attached hydrogens (primary N) is 1. The van der Waals surface area contributed by atoms with Crippen LogP contribution in [0.3, 0.4) is 0 Å². The Balaban J connectivity index is 1.64. The van der Waals surface area contributed by atoms with Crippen molar-refractivity contribution in [2.75, 3.05) is 23.3 Å². The lowest BCUT2D eigenvalue weighted by molar-refractivity contribution is -0.108. The Morgan fingerprint density at radius 1 is 1.24 bits per heavy atom. The number of carbonyl (C=O) groups excluding carboxylic acids is 2.